The Balaban J connectivity index is 1.82. The fourth-order valence-corrected chi connectivity index (χ4v) is 3.31. The summed E-state index contributed by atoms with van der Waals surface area (Å²) >= 11 is 0. The predicted molar refractivity (Wildman–Crippen MR) is 89.5 cm³/mol. The zero-order valence-electron chi connectivity index (χ0n) is 14.2. The third-order valence-corrected chi connectivity index (χ3v) is 4.81. The fraction of sp³-hybridized carbons (Fsp3) is 1.00. The van der Waals surface area contributed by atoms with Crippen molar-refractivity contribution in [1.82, 2.24) is 5.32 Å². The average molecular weight is 299 g/mol. The van der Waals surface area contributed by atoms with Gasteiger partial charge in [-0.25, -0.2) is 0 Å². The van der Waals surface area contributed by atoms with Gasteiger partial charge in [0.15, 0.2) is 0 Å². The standard InChI is InChI=1S/C18H37NO2/c1-15(20)11-9-7-5-3-4-6-8-10-12-17-13-14-18(21)16(2)19-17/h15-21H,3-14H2,1-2H3/t15-,16-,17-,18-/m1/s1. The molecule has 1 aliphatic heterocycles. The minimum Gasteiger partial charge on any atom is -0.393 e. The first-order valence-corrected chi connectivity index (χ1v) is 9.21. The maximum Gasteiger partial charge on any atom is 0.0691 e. The van der Waals surface area contributed by atoms with Gasteiger partial charge in [0.2, 0.25) is 0 Å². The number of nitrogens with one attached hydrogen (secondary N) is 1. The molecule has 1 fully saturated rings. The van der Waals surface area contributed by atoms with Gasteiger partial charge in [-0.2, -0.15) is 0 Å². The van der Waals surface area contributed by atoms with Crippen molar-refractivity contribution >= 4 is 0 Å². The maximum atomic E-state index is 9.68. The Morgan fingerprint density at radius 1 is 0.952 bits per heavy atom. The van der Waals surface area contributed by atoms with E-state index in [0.29, 0.717) is 6.04 Å². The van der Waals surface area contributed by atoms with Crippen LogP contribution < -0.4 is 5.32 Å². The summed E-state index contributed by atoms with van der Waals surface area (Å²) in [5, 5.41) is 22.4. The molecular weight excluding hydrogens is 262 g/mol. The molecule has 3 N–H and O–H groups in total. The Morgan fingerprint density at radius 2 is 1.52 bits per heavy atom. The second kappa shape index (κ2) is 11.4. The molecule has 0 saturated carbocycles. The van der Waals surface area contributed by atoms with E-state index >= 15 is 0 Å². The van der Waals surface area contributed by atoms with Crippen molar-refractivity contribution in [2.24, 2.45) is 0 Å². The zero-order chi connectivity index (χ0) is 15.5. The summed E-state index contributed by atoms with van der Waals surface area (Å²) in [6, 6.07) is 0.897. The lowest BCUT2D eigenvalue weighted by atomic mass is 9.93. The summed E-state index contributed by atoms with van der Waals surface area (Å²) in [6.07, 6.45) is 14.6. The lowest BCUT2D eigenvalue weighted by Crippen LogP contribution is -2.48. The highest BCUT2D eigenvalue weighted by Gasteiger charge is 2.24. The fourth-order valence-electron chi connectivity index (χ4n) is 3.31. The van der Waals surface area contributed by atoms with Crippen LogP contribution in [0, 0.1) is 0 Å². The molecule has 0 bridgehead atoms. The molecule has 3 heteroatoms. The van der Waals surface area contributed by atoms with E-state index in [2.05, 4.69) is 12.2 Å². The zero-order valence-corrected chi connectivity index (χ0v) is 14.2. The molecule has 1 rings (SSSR count). The second-order valence-corrected chi connectivity index (χ2v) is 7.05. The van der Waals surface area contributed by atoms with Gasteiger partial charge in [-0.3, -0.25) is 0 Å². The van der Waals surface area contributed by atoms with E-state index in [1.807, 2.05) is 6.92 Å². The summed E-state index contributed by atoms with van der Waals surface area (Å²) in [5.41, 5.74) is 0. The van der Waals surface area contributed by atoms with E-state index in [9.17, 15) is 10.2 Å². The quantitative estimate of drug-likeness (QED) is 0.509. The number of aliphatic hydroxyl groups is 2. The smallest absolute Gasteiger partial charge is 0.0691 e. The van der Waals surface area contributed by atoms with Crippen LogP contribution in [0.25, 0.3) is 0 Å². The first-order chi connectivity index (χ1) is 10.1. The van der Waals surface area contributed by atoms with Gasteiger partial charge in [0.05, 0.1) is 12.2 Å². The van der Waals surface area contributed by atoms with E-state index in [4.69, 9.17) is 0 Å². The van der Waals surface area contributed by atoms with Gasteiger partial charge in [-0.1, -0.05) is 51.4 Å². The van der Waals surface area contributed by atoms with Gasteiger partial charge >= 0.3 is 0 Å². The SMILES string of the molecule is C[C@@H](O)CCCCCCCCCC[C@@H]1CC[C@@H](O)[C@@H](C)N1. The van der Waals surface area contributed by atoms with Crippen molar-refractivity contribution in [3.63, 3.8) is 0 Å². The summed E-state index contributed by atoms with van der Waals surface area (Å²) in [7, 11) is 0. The van der Waals surface area contributed by atoms with E-state index in [0.717, 1.165) is 19.3 Å². The van der Waals surface area contributed by atoms with Crippen LogP contribution in [0.1, 0.15) is 90.9 Å². The first kappa shape index (κ1) is 18.9. The molecule has 1 saturated heterocycles. The molecular formula is C18H37NO2. The monoisotopic (exact) mass is 299 g/mol. The molecule has 126 valence electrons. The number of unbranched alkanes of at least 4 members (excludes halogenated alkanes) is 7. The van der Waals surface area contributed by atoms with Crippen LogP contribution in [0.15, 0.2) is 0 Å². The summed E-state index contributed by atoms with van der Waals surface area (Å²) < 4.78 is 0. The maximum absolute atomic E-state index is 9.68. The molecule has 3 nitrogen and oxygen atoms in total. The van der Waals surface area contributed by atoms with Crippen LogP contribution in [-0.4, -0.2) is 34.5 Å². The van der Waals surface area contributed by atoms with E-state index < -0.39 is 0 Å². The average Bonchev–Trinajstić information content (AvgIpc) is 2.44. The molecule has 0 aliphatic carbocycles. The van der Waals surface area contributed by atoms with Crippen LogP contribution >= 0.6 is 0 Å². The Bertz CT molecular complexity index is 245. The van der Waals surface area contributed by atoms with Crippen LogP contribution in [0.4, 0.5) is 0 Å². The van der Waals surface area contributed by atoms with Crippen LogP contribution in [0.5, 0.6) is 0 Å². The van der Waals surface area contributed by atoms with Gasteiger partial charge in [0.25, 0.3) is 0 Å². The Hall–Kier alpha value is -0.120. The van der Waals surface area contributed by atoms with Crippen molar-refractivity contribution < 1.29 is 10.2 Å². The first-order valence-electron chi connectivity index (χ1n) is 9.21. The number of hydrogen-bond donors (Lipinski definition) is 3. The third kappa shape index (κ3) is 9.49. The molecule has 0 aromatic rings. The lowest BCUT2D eigenvalue weighted by molar-refractivity contribution is 0.0849. The molecule has 0 unspecified atom stereocenters. The number of piperidine rings is 1. The van der Waals surface area contributed by atoms with Crippen molar-refractivity contribution in [1.29, 1.82) is 0 Å². The minimum atomic E-state index is -0.143. The molecule has 0 amide bonds. The number of hydrogen-bond acceptors (Lipinski definition) is 3. The van der Waals surface area contributed by atoms with E-state index in [-0.39, 0.29) is 18.2 Å². The summed E-state index contributed by atoms with van der Waals surface area (Å²) in [4.78, 5) is 0. The van der Waals surface area contributed by atoms with Crippen molar-refractivity contribution in [2.75, 3.05) is 0 Å². The molecule has 21 heavy (non-hydrogen) atoms. The summed E-state index contributed by atoms with van der Waals surface area (Å²) in [5.74, 6) is 0. The highest BCUT2D eigenvalue weighted by atomic mass is 16.3. The van der Waals surface area contributed by atoms with Crippen molar-refractivity contribution in [3.8, 4) is 0 Å². The number of aliphatic hydroxyl groups excluding tert-OH is 2. The largest absolute Gasteiger partial charge is 0.393 e. The molecule has 0 aromatic carbocycles. The predicted octanol–water partition coefficient (Wildman–Crippen LogP) is 3.77. The normalized spacial score (nSPS) is 27.7. The van der Waals surface area contributed by atoms with Crippen LogP contribution in [0.2, 0.25) is 0 Å². The van der Waals surface area contributed by atoms with Gasteiger partial charge < -0.3 is 15.5 Å². The van der Waals surface area contributed by atoms with Gasteiger partial charge in [0, 0.05) is 12.1 Å². The third-order valence-electron chi connectivity index (χ3n) is 4.81. The summed E-state index contributed by atoms with van der Waals surface area (Å²) in [6.45, 7) is 3.97. The molecule has 0 aromatic heterocycles. The Morgan fingerprint density at radius 3 is 2.10 bits per heavy atom. The molecule has 1 aliphatic rings. The second-order valence-electron chi connectivity index (χ2n) is 7.05. The molecule has 0 radical (unpaired) electrons. The van der Waals surface area contributed by atoms with E-state index in [1.54, 1.807) is 0 Å². The number of rotatable bonds is 11. The highest BCUT2D eigenvalue weighted by molar-refractivity contribution is 4.83. The lowest BCUT2D eigenvalue weighted by Gasteiger charge is -2.32. The van der Waals surface area contributed by atoms with Gasteiger partial charge in [-0.15, -0.1) is 0 Å². The topological polar surface area (TPSA) is 52.5 Å². The molecule has 1 heterocycles. The Labute approximate surface area is 131 Å². The van der Waals surface area contributed by atoms with Crippen LogP contribution in [-0.2, 0) is 0 Å². The van der Waals surface area contributed by atoms with E-state index in [1.165, 1.54) is 57.8 Å². The van der Waals surface area contributed by atoms with Crippen molar-refractivity contribution in [2.45, 2.75) is 115 Å². The van der Waals surface area contributed by atoms with Gasteiger partial charge in [0.1, 0.15) is 0 Å². The highest BCUT2D eigenvalue weighted by Crippen LogP contribution is 2.18. The van der Waals surface area contributed by atoms with Crippen LogP contribution in [0.3, 0.4) is 0 Å². The minimum absolute atomic E-state index is 0.123. The Kier molecular flexibility index (Phi) is 10.3. The van der Waals surface area contributed by atoms with Crippen molar-refractivity contribution in [3.05, 3.63) is 0 Å². The molecule has 0 spiro atoms. The van der Waals surface area contributed by atoms with Gasteiger partial charge in [-0.05, 0) is 39.5 Å². The molecule has 4 atom stereocenters.